The molecule has 4 N–H and O–H groups in total. The van der Waals surface area contributed by atoms with Crippen LogP contribution in [-0.2, 0) is 17.6 Å². The van der Waals surface area contributed by atoms with Crippen molar-refractivity contribution in [1.82, 2.24) is 10.0 Å². The molecule has 8 nitrogen and oxygen atoms in total. The Kier molecular flexibility index (Phi) is 6.30. The number of nitrogens with one attached hydrogen (secondary N) is 1. The second-order valence-corrected chi connectivity index (χ2v) is 7.00. The number of pyridine rings is 1. The minimum Gasteiger partial charge on any atom is -0.563 e. The lowest BCUT2D eigenvalue weighted by molar-refractivity contribution is -0.138. The molecule has 0 aliphatic carbocycles. The van der Waals surface area contributed by atoms with Crippen LogP contribution in [0, 0.1) is 0 Å². The number of carbonyl (C=O) groups excluding carboxylic acids is 2. The lowest BCUT2D eigenvalue weighted by atomic mass is 10.1. The summed E-state index contributed by atoms with van der Waals surface area (Å²) in [6, 6.07) is 8.04. The van der Waals surface area contributed by atoms with Gasteiger partial charge in [-0.1, -0.05) is 23.7 Å². The number of alkyl halides is 3. The van der Waals surface area contributed by atoms with Crippen LogP contribution in [0.5, 0.6) is 5.75 Å². The molecule has 0 aliphatic heterocycles. The smallest absolute Gasteiger partial charge is 0.535 e. The van der Waals surface area contributed by atoms with Crippen LogP contribution < -0.4 is 15.7 Å². The second kappa shape index (κ2) is 8.79. The Morgan fingerprint density at radius 2 is 1.81 bits per heavy atom. The number of hydrogen-bond donors (Lipinski definition) is 2. The van der Waals surface area contributed by atoms with Gasteiger partial charge in [-0.25, -0.2) is 0 Å². The molecule has 3 aromatic rings. The van der Waals surface area contributed by atoms with Crippen molar-refractivity contribution in [1.29, 1.82) is 0 Å². The van der Waals surface area contributed by atoms with Crippen molar-refractivity contribution < 1.29 is 37.8 Å². The predicted molar refractivity (Wildman–Crippen MR) is 108 cm³/mol. The molecule has 0 fully saturated rings. The zero-order chi connectivity index (χ0) is 23.6. The van der Waals surface area contributed by atoms with Crippen LogP contribution in [0.4, 0.5) is 13.2 Å². The molecule has 0 atom stereocenters. The molecule has 2 aromatic carbocycles. The van der Waals surface area contributed by atoms with Gasteiger partial charge in [-0.05, 0) is 35.9 Å². The lowest BCUT2D eigenvalue weighted by Gasteiger charge is -2.16. The highest BCUT2D eigenvalue weighted by molar-refractivity contribution is 6.31. The number of aromatic hydroxyl groups is 1. The molecule has 1 heterocycles. The molecule has 0 saturated heterocycles. The minimum atomic E-state index is -4.51. The number of hydrogen-bond acceptors (Lipinski definition) is 5. The normalized spacial score (nSPS) is 11.4. The summed E-state index contributed by atoms with van der Waals surface area (Å²) in [5.41, 5.74) is -2.41. The SMILES string of the molecule is O=C([OH2+])CNC(=O)c1c(O)c2ccc(Cl)cc2n(OCc2ccc(C(F)(F)F)cc2)c1=O. The highest BCUT2D eigenvalue weighted by atomic mass is 35.5. The summed E-state index contributed by atoms with van der Waals surface area (Å²) < 4.78 is 38.8. The summed E-state index contributed by atoms with van der Waals surface area (Å²) in [6.07, 6.45) is -4.51. The highest BCUT2D eigenvalue weighted by Crippen LogP contribution is 2.30. The first-order valence-corrected chi connectivity index (χ1v) is 9.26. The van der Waals surface area contributed by atoms with Gasteiger partial charge in [-0.3, -0.25) is 9.59 Å². The maximum absolute atomic E-state index is 12.9. The van der Waals surface area contributed by atoms with Gasteiger partial charge in [-0.2, -0.15) is 13.2 Å². The van der Waals surface area contributed by atoms with Gasteiger partial charge in [-0.15, -0.1) is 4.73 Å². The second-order valence-electron chi connectivity index (χ2n) is 6.56. The number of fused-ring (bicyclic) bond motifs is 1. The van der Waals surface area contributed by atoms with E-state index < -0.39 is 47.0 Å². The molecule has 0 bridgehead atoms. The first-order chi connectivity index (χ1) is 15.0. The standard InChI is InChI=1S/C20H14ClF3N2O6/c21-12-5-6-13-14(7-12)26(19(31)16(17(13)29)18(30)25-8-15(27)28)32-9-10-1-3-11(4-2-10)20(22,23)24/h1-7,29H,8-9H2,(H,25,30)(H,27,28)/p+1. The molecule has 1 amide bonds. The van der Waals surface area contributed by atoms with Gasteiger partial charge in [0.1, 0.15) is 12.4 Å². The average Bonchev–Trinajstić information content (AvgIpc) is 2.71. The summed E-state index contributed by atoms with van der Waals surface area (Å²) in [6.45, 7) is -1.04. The summed E-state index contributed by atoms with van der Waals surface area (Å²) in [5.74, 6) is -2.92. The van der Waals surface area contributed by atoms with Crippen LogP contribution in [0.1, 0.15) is 21.5 Å². The van der Waals surface area contributed by atoms with Crippen molar-refractivity contribution in [3.8, 4) is 5.75 Å². The van der Waals surface area contributed by atoms with Gasteiger partial charge in [0.05, 0.1) is 11.1 Å². The Bertz CT molecular complexity index is 1260. The van der Waals surface area contributed by atoms with E-state index in [1.807, 2.05) is 5.32 Å². The van der Waals surface area contributed by atoms with E-state index in [0.29, 0.717) is 10.3 Å². The monoisotopic (exact) mass is 471 g/mol. The fourth-order valence-corrected chi connectivity index (χ4v) is 3.00. The third-order valence-corrected chi connectivity index (χ3v) is 4.58. The summed E-state index contributed by atoms with van der Waals surface area (Å²) >= 11 is 5.96. The van der Waals surface area contributed by atoms with Gasteiger partial charge < -0.3 is 20.4 Å². The fourth-order valence-electron chi connectivity index (χ4n) is 2.83. The van der Waals surface area contributed by atoms with E-state index in [4.69, 9.17) is 21.5 Å². The molecule has 0 saturated carbocycles. The van der Waals surface area contributed by atoms with Gasteiger partial charge >= 0.3 is 12.1 Å². The Morgan fingerprint density at radius 1 is 1.16 bits per heavy atom. The number of amides is 1. The van der Waals surface area contributed by atoms with E-state index in [9.17, 15) is 32.7 Å². The molecule has 3 rings (SSSR count). The Balaban J connectivity index is 2.03. The number of halogens is 4. The van der Waals surface area contributed by atoms with E-state index in [1.165, 1.54) is 18.2 Å². The fraction of sp³-hybridized carbons (Fsp3) is 0.150. The molecule has 0 radical (unpaired) electrons. The zero-order valence-electron chi connectivity index (χ0n) is 16.0. The Labute approximate surface area is 182 Å². The van der Waals surface area contributed by atoms with Gasteiger partial charge in [0, 0.05) is 15.2 Å². The molecular weight excluding hydrogens is 457 g/mol. The predicted octanol–water partition coefficient (Wildman–Crippen LogP) is 1.99. The lowest BCUT2D eigenvalue weighted by Crippen LogP contribution is -2.37. The van der Waals surface area contributed by atoms with Crippen LogP contribution in [0.3, 0.4) is 0 Å². The first kappa shape index (κ1) is 22.9. The quantitative estimate of drug-likeness (QED) is 0.533. The summed E-state index contributed by atoms with van der Waals surface area (Å²) in [7, 11) is 0. The number of carbonyl (C=O) groups is 2. The van der Waals surface area contributed by atoms with Gasteiger partial charge in [0.25, 0.3) is 11.5 Å². The third kappa shape index (κ3) is 4.78. The van der Waals surface area contributed by atoms with Gasteiger partial charge in [0.2, 0.25) is 0 Å². The summed E-state index contributed by atoms with van der Waals surface area (Å²) in [5, 5.41) is 19.5. The molecule has 0 aliphatic rings. The third-order valence-electron chi connectivity index (χ3n) is 4.35. The van der Waals surface area contributed by atoms with Crippen LogP contribution in [0.25, 0.3) is 10.9 Å². The molecule has 1 aromatic heterocycles. The number of benzene rings is 2. The van der Waals surface area contributed by atoms with E-state index >= 15 is 0 Å². The van der Waals surface area contributed by atoms with Crippen molar-refractivity contribution in [2.24, 2.45) is 0 Å². The molecule has 0 unspecified atom stereocenters. The maximum atomic E-state index is 12.9. The zero-order valence-corrected chi connectivity index (χ0v) is 16.8. The molecular formula is C20H15ClF3N2O6+. The van der Waals surface area contributed by atoms with Crippen LogP contribution in [-0.4, -0.2) is 33.4 Å². The number of aromatic nitrogens is 1. The van der Waals surface area contributed by atoms with E-state index in [1.54, 1.807) is 0 Å². The minimum absolute atomic E-state index is 0.0000274. The van der Waals surface area contributed by atoms with Crippen molar-refractivity contribution in [3.05, 3.63) is 74.5 Å². The maximum Gasteiger partial charge on any atom is 0.535 e. The van der Waals surface area contributed by atoms with Crippen LogP contribution in [0.2, 0.25) is 5.02 Å². The Hall–Kier alpha value is -3.73. The van der Waals surface area contributed by atoms with Crippen molar-refractivity contribution in [2.75, 3.05) is 6.54 Å². The van der Waals surface area contributed by atoms with E-state index in [0.717, 1.165) is 24.3 Å². The van der Waals surface area contributed by atoms with E-state index in [2.05, 4.69) is 0 Å². The topological polar surface area (TPSA) is 121 Å². The van der Waals surface area contributed by atoms with Crippen molar-refractivity contribution >= 4 is 34.4 Å². The van der Waals surface area contributed by atoms with Crippen LogP contribution >= 0.6 is 11.6 Å². The largest absolute Gasteiger partial charge is 0.563 e. The molecule has 168 valence electrons. The Morgan fingerprint density at radius 3 is 2.41 bits per heavy atom. The molecule has 32 heavy (non-hydrogen) atoms. The molecule has 12 heteroatoms. The van der Waals surface area contributed by atoms with Crippen molar-refractivity contribution in [2.45, 2.75) is 12.8 Å². The average molecular weight is 472 g/mol. The molecule has 0 spiro atoms. The van der Waals surface area contributed by atoms with E-state index in [-0.39, 0.29) is 22.5 Å². The highest BCUT2D eigenvalue weighted by Gasteiger charge is 2.30. The first-order valence-electron chi connectivity index (χ1n) is 8.88. The summed E-state index contributed by atoms with van der Waals surface area (Å²) in [4.78, 5) is 41.5. The number of rotatable bonds is 6. The van der Waals surface area contributed by atoms with Crippen LogP contribution in [0.15, 0.2) is 47.3 Å². The number of nitrogens with zero attached hydrogens (tertiary/aromatic N) is 1. The van der Waals surface area contributed by atoms with Crippen molar-refractivity contribution in [3.63, 3.8) is 0 Å². The van der Waals surface area contributed by atoms with Gasteiger partial charge in [0.15, 0.2) is 12.1 Å².